The molecule has 0 aliphatic carbocycles. The molecule has 1 atom stereocenters. The first kappa shape index (κ1) is 22.5. The van der Waals surface area contributed by atoms with Crippen molar-refractivity contribution in [2.45, 2.75) is 51.0 Å². The predicted molar refractivity (Wildman–Crippen MR) is 101 cm³/mol. The number of nitrogens with one attached hydrogen (secondary N) is 2. The fourth-order valence-electron chi connectivity index (χ4n) is 2.53. The minimum absolute atomic E-state index is 0.0654. The highest BCUT2D eigenvalue weighted by Crippen LogP contribution is 2.11. The molecule has 0 bridgehead atoms. The van der Waals surface area contributed by atoms with E-state index in [9.17, 15) is 17.6 Å². The van der Waals surface area contributed by atoms with Crippen molar-refractivity contribution in [2.75, 3.05) is 26.2 Å². The van der Waals surface area contributed by atoms with E-state index in [0.29, 0.717) is 13.0 Å². The standard InChI is InChI=1S/C18H30FN3O3S/c1-4-17(18(23)20-13-7-8-14-22(5-2)6-3)21-26(24,25)16-11-9-15(19)10-12-16/h9-12,17,21H,4-8,13-14H2,1-3H3,(H,20,23). The number of hydrogen-bond acceptors (Lipinski definition) is 4. The number of rotatable bonds is 12. The lowest BCUT2D eigenvalue weighted by Gasteiger charge is -2.19. The fourth-order valence-corrected chi connectivity index (χ4v) is 3.81. The molecule has 0 heterocycles. The lowest BCUT2D eigenvalue weighted by atomic mass is 10.2. The van der Waals surface area contributed by atoms with Gasteiger partial charge in [0.25, 0.3) is 0 Å². The molecule has 0 aromatic heterocycles. The van der Waals surface area contributed by atoms with E-state index < -0.39 is 21.9 Å². The van der Waals surface area contributed by atoms with Crippen molar-refractivity contribution in [1.82, 2.24) is 14.9 Å². The quantitative estimate of drug-likeness (QED) is 0.539. The van der Waals surface area contributed by atoms with Gasteiger partial charge in [0.05, 0.1) is 4.90 Å². The Morgan fingerprint density at radius 3 is 2.27 bits per heavy atom. The molecular formula is C18H30FN3O3S. The maximum absolute atomic E-state index is 12.9. The molecule has 0 aliphatic heterocycles. The second-order valence-corrected chi connectivity index (χ2v) is 7.78. The minimum atomic E-state index is -3.87. The van der Waals surface area contributed by atoms with Crippen molar-refractivity contribution in [3.05, 3.63) is 30.1 Å². The van der Waals surface area contributed by atoms with Gasteiger partial charge in [0.15, 0.2) is 0 Å². The first-order valence-corrected chi connectivity index (χ1v) is 10.6. The van der Waals surface area contributed by atoms with Crippen LogP contribution in [0.1, 0.15) is 40.0 Å². The minimum Gasteiger partial charge on any atom is -0.355 e. The van der Waals surface area contributed by atoms with Crippen LogP contribution in [-0.4, -0.2) is 51.4 Å². The van der Waals surface area contributed by atoms with Gasteiger partial charge in [-0.2, -0.15) is 4.72 Å². The van der Waals surface area contributed by atoms with Gasteiger partial charge in [-0.05, 0) is 63.2 Å². The van der Waals surface area contributed by atoms with E-state index in [1.165, 1.54) is 12.1 Å². The summed E-state index contributed by atoms with van der Waals surface area (Å²) in [5.74, 6) is -0.862. The van der Waals surface area contributed by atoms with Crippen LogP contribution in [-0.2, 0) is 14.8 Å². The van der Waals surface area contributed by atoms with Crippen molar-refractivity contribution in [3.63, 3.8) is 0 Å². The summed E-state index contributed by atoms with van der Waals surface area (Å²) in [6.45, 7) is 9.47. The molecule has 0 radical (unpaired) electrons. The highest BCUT2D eigenvalue weighted by atomic mass is 32.2. The number of hydrogen-bond donors (Lipinski definition) is 2. The van der Waals surface area contributed by atoms with Gasteiger partial charge in [-0.25, -0.2) is 12.8 Å². The molecule has 0 aliphatic rings. The maximum Gasteiger partial charge on any atom is 0.241 e. The highest BCUT2D eigenvalue weighted by Gasteiger charge is 2.24. The van der Waals surface area contributed by atoms with Gasteiger partial charge < -0.3 is 10.2 Å². The fraction of sp³-hybridized carbons (Fsp3) is 0.611. The van der Waals surface area contributed by atoms with Crippen LogP contribution in [0.2, 0.25) is 0 Å². The van der Waals surface area contributed by atoms with Crippen LogP contribution >= 0.6 is 0 Å². The molecule has 1 rings (SSSR count). The molecule has 0 saturated heterocycles. The highest BCUT2D eigenvalue weighted by molar-refractivity contribution is 7.89. The van der Waals surface area contributed by atoms with Crippen LogP contribution in [0.5, 0.6) is 0 Å². The van der Waals surface area contributed by atoms with E-state index in [0.717, 1.165) is 44.6 Å². The summed E-state index contributed by atoms with van der Waals surface area (Å²) < 4.78 is 40.0. The van der Waals surface area contributed by atoms with Gasteiger partial charge in [0.1, 0.15) is 11.9 Å². The summed E-state index contributed by atoms with van der Waals surface area (Å²) in [5, 5.41) is 2.78. The maximum atomic E-state index is 12.9. The Labute approximate surface area is 156 Å². The van der Waals surface area contributed by atoms with E-state index in [-0.39, 0.29) is 10.8 Å². The molecule has 26 heavy (non-hydrogen) atoms. The number of carbonyl (C=O) groups excluding carboxylic acids is 1. The third-order valence-corrected chi connectivity index (χ3v) is 5.73. The molecular weight excluding hydrogens is 357 g/mol. The van der Waals surface area contributed by atoms with Crippen molar-refractivity contribution >= 4 is 15.9 Å². The van der Waals surface area contributed by atoms with Gasteiger partial charge in [0, 0.05) is 6.54 Å². The molecule has 6 nitrogen and oxygen atoms in total. The van der Waals surface area contributed by atoms with Gasteiger partial charge in [-0.15, -0.1) is 0 Å². The van der Waals surface area contributed by atoms with Crippen molar-refractivity contribution < 1.29 is 17.6 Å². The molecule has 8 heteroatoms. The summed E-state index contributed by atoms with van der Waals surface area (Å²) in [6, 6.07) is 3.65. The Morgan fingerprint density at radius 2 is 1.73 bits per heavy atom. The van der Waals surface area contributed by atoms with Gasteiger partial charge in [-0.1, -0.05) is 20.8 Å². The molecule has 1 aromatic rings. The molecule has 0 fully saturated rings. The molecule has 1 amide bonds. The topological polar surface area (TPSA) is 78.5 Å². The Kier molecular flexibility index (Phi) is 9.75. The van der Waals surface area contributed by atoms with Crippen LogP contribution in [0.4, 0.5) is 4.39 Å². The van der Waals surface area contributed by atoms with E-state index in [1.807, 2.05) is 0 Å². The van der Waals surface area contributed by atoms with E-state index in [1.54, 1.807) is 6.92 Å². The number of sulfonamides is 1. The number of carbonyl (C=O) groups is 1. The summed E-state index contributed by atoms with van der Waals surface area (Å²) in [7, 11) is -3.87. The van der Waals surface area contributed by atoms with Crippen LogP contribution in [0.15, 0.2) is 29.2 Å². The number of benzene rings is 1. The molecule has 1 unspecified atom stereocenters. The van der Waals surface area contributed by atoms with Gasteiger partial charge in [-0.3, -0.25) is 4.79 Å². The number of amides is 1. The third-order valence-electron chi connectivity index (χ3n) is 4.24. The van der Waals surface area contributed by atoms with E-state index in [4.69, 9.17) is 0 Å². The van der Waals surface area contributed by atoms with Crippen LogP contribution < -0.4 is 10.0 Å². The molecule has 0 saturated carbocycles. The average Bonchev–Trinajstić information content (AvgIpc) is 2.63. The summed E-state index contributed by atoms with van der Waals surface area (Å²) in [5.41, 5.74) is 0. The second-order valence-electron chi connectivity index (χ2n) is 6.06. The Morgan fingerprint density at radius 1 is 1.12 bits per heavy atom. The SMILES string of the molecule is CCC(NS(=O)(=O)c1ccc(F)cc1)C(=O)NCCCCN(CC)CC. The van der Waals surface area contributed by atoms with Crippen LogP contribution in [0.25, 0.3) is 0 Å². The zero-order valence-electron chi connectivity index (χ0n) is 15.8. The smallest absolute Gasteiger partial charge is 0.241 e. The summed E-state index contributed by atoms with van der Waals surface area (Å²) in [6.07, 6.45) is 2.13. The molecule has 0 spiro atoms. The zero-order valence-corrected chi connectivity index (χ0v) is 16.6. The average molecular weight is 388 g/mol. The molecule has 1 aromatic carbocycles. The predicted octanol–water partition coefficient (Wildman–Crippen LogP) is 2.12. The lowest BCUT2D eigenvalue weighted by molar-refractivity contribution is -0.122. The largest absolute Gasteiger partial charge is 0.355 e. The number of halogens is 1. The first-order chi connectivity index (χ1) is 12.3. The van der Waals surface area contributed by atoms with Gasteiger partial charge >= 0.3 is 0 Å². The van der Waals surface area contributed by atoms with E-state index >= 15 is 0 Å². The molecule has 2 N–H and O–H groups in total. The van der Waals surface area contributed by atoms with Crippen molar-refractivity contribution in [1.29, 1.82) is 0 Å². The second kappa shape index (κ2) is 11.3. The summed E-state index contributed by atoms with van der Waals surface area (Å²) in [4.78, 5) is 14.5. The summed E-state index contributed by atoms with van der Waals surface area (Å²) >= 11 is 0. The lowest BCUT2D eigenvalue weighted by Crippen LogP contribution is -2.46. The Bertz CT molecular complexity index is 646. The number of nitrogens with zero attached hydrogens (tertiary/aromatic N) is 1. The van der Waals surface area contributed by atoms with E-state index in [2.05, 4.69) is 28.8 Å². The van der Waals surface area contributed by atoms with Gasteiger partial charge in [0.2, 0.25) is 15.9 Å². The third kappa shape index (κ3) is 7.39. The Hall–Kier alpha value is -1.51. The van der Waals surface area contributed by atoms with Crippen LogP contribution in [0.3, 0.4) is 0 Å². The zero-order chi connectivity index (χ0) is 19.6. The van der Waals surface area contributed by atoms with Crippen molar-refractivity contribution in [3.8, 4) is 0 Å². The Balaban J connectivity index is 2.49. The molecule has 148 valence electrons. The number of unbranched alkanes of at least 4 members (excludes halogenated alkanes) is 1. The van der Waals surface area contributed by atoms with Crippen molar-refractivity contribution in [2.24, 2.45) is 0 Å². The van der Waals surface area contributed by atoms with Crippen LogP contribution in [0, 0.1) is 5.82 Å². The normalized spacial score (nSPS) is 13.0. The first-order valence-electron chi connectivity index (χ1n) is 9.12. The monoisotopic (exact) mass is 387 g/mol.